The van der Waals surface area contributed by atoms with E-state index in [2.05, 4.69) is 6.07 Å². The van der Waals surface area contributed by atoms with Crippen LogP contribution in [0.5, 0.6) is 23.0 Å². The fraction of sp³-hybridized carbons (Fsp3) is 0.188. The van der Waals surface area contributed by atoms with Gasteiger partial charge in [0.25, 0.3) is 0 Å². The lowest BCUT2D eigenvalue weighted by Gasteiger charge is -2.11. The summed E-state index contributed by atoms with van der Waals surface area (Å²) in [7, 11) is 1.54. The van der Waals surface area contributed by atoms with Crippen molar-refractivity contribution in [2.75, 3.05) is 19.5 Å². The quantitative estimate of drug-likeness (QED) is 0.852. The van der Waals surface area contributed by atoms with Crippen molar-refractivity contribution < 1.29 is 14.2 Å². The Kier molecular flexibility index (Phi) is 4.52. The topological polar surface area (TPSA) is 77.5 Å². The monoisotopic (exact) mass is 284 g/mol. The number of methoxy groups -OCH3 is 1. The minimum absolute atomic E-state index is 0.463. The van der Waals surface area contributed by atoms with E-state index >= 15 is 0 Å². The summed E-state index contributed by atoms with van der Waals surface area (Å²) >= 11 is 0. The van der Waals surface area contributed by atoms with Crippen LogP contribution in [0.25, 0.3) is 0 Å². The van der Waals surface area contributed by atoms with Crippen LogP contribution in [0.3, 0.4) is 0 Å². The van der Waals surface area contributed by atoms with Crippen LogP contribution in [-0.2, 0) is 0 Å². The molecular weight excluding hydrogens is 268 g/mol. The van der Waals surface area contributed by atoms with E-state index in [1.165, 1.54) is 7.11 Å². The van der Waals surface area contributed by atoms with Gasteiger partial charge in [-0.2, -0.15) is 5.26 Å². The Hall–Kier alpha value is -2.87. The van der Waals surface area contributed by atoms with Crippen molar-refractivity contribution in [2.45, 2.75) is 6.92 Å². The first-order valence-electron chi connectivity index (χ1n) is 6.45. The van der Waals surface area contributed by atoms with Gasteiger partial charge in [0.05, 0.1) is 31.0 Å². The lowest BCUT2D eigenvalue weighted by atomic mass is 10.2. The summed E-state index contributed by atoms with van der Waals surface area (Å²) in [5.41, 5.74) is 6.83. The molecule has 2 aromatic rings. The van der Waals surface area contributed by atoms with Crippen LogP contribution >= 0.6 is 0 Å². The Labute approximate surface area is 123 Å². The van der Waals surface area contributed by atoms with Gasteiger partial charge in [-0.3, -0.25) is 0 Å². The first-order valence-corrected chi connectivity index (χ1v) is 6.45. The van der Waals surface area contributed by atoms with Crippen LogP contribution in [0.15, 0.2) is 36.4 Å². The number of benzene rings is 2. The molecule has 2 aromatic carbocycles. The predicted octanol–water partition coefficient (Wildman–Crippen LogP) is 3.34. The number of ether oxygens (including phenoxy) is 3. The fourth-order valence-corrected chi connectivity index (χ4v) is 1.81. The van der Waals surface area contributed by atoms with Crippen molar-refractivity contribution >= 4 is 5.69 Å². The molecule has 0 saturated carbocycles. The number of rotatable bonds is 5. The highest BCUT2D eigenvalue weighted by atomic mass is 16.5. The Morgan fingerprint density at radius 1 is 1.10 bits per heavy atom. The Bertz CT molecular complexity index is 678. The Morgan fingerprint density at radius 3 is 2.52 bits per heavy atom. The van der Waals surface area contributed by atoms with Crippen LogP contribution in [0.4, 0.5) is 5.69 Å². The van der Waals surface area contributed by atoms with Crippen LogP contribution < -0.4 is 19.9 Å². The van der Waals surface area contributed by atoms with Gasteiger partial charge in [0.1, 0.15) is 23.0 Å². The van der Waals surface area contributed by atoms with E-state index in [-0.39, 0.29) is 0 Å². The zero-order chi connectivity index (χ0) is 15.2. The van der Waals surface area contributed by atoms with Gasteiger partial charge in [-0.05, 0) is 31.2 Å². The van der Waals surface area contributed by atoms with Gasteiger partial charge in [-0.15, -0.1) is 0 Å². The molecule has 0 aromatic heterocycles. The molecule has 0 radical (unpaired) electrons. The maximum absolute atomic E-state index is 9.00. The number of hydrogen-bond donors (Lipinski definition) is 1. The number of anilines is 1. The largest absolute Gasteiger partial charge is 0.497 e. The average molecular weight is 284 g/mol. The molecule has 5 heteroatoms. The second-order valence-corrected chi connectivity index (χ2v) is 4.24. The highest BCUT2D eigenvalue weighted by Crippen LogP contribution is 2.32. The molecule has 0 fully saturated rings. The summed E-state index contributed by atoms with van der Waals surface area (Å²) in [5.74, 6) is 2.21. The number of nitrogen functional groups attached to an aromatic ring is 1. The molecule has 2 N–H and O–H groups in total. The molecule has 108 valence electrons. The maximum Gasteiger partial charge on any atom is 0.145 e. The van der Waals surface area contributed by atoms with Crippen LogP contribution in [0.2, 0.25) is 0 Å². The standard InChI is InChI=1S/C16H16N2O3/c1-3-20-16-9-12(4-5-15(16)18)21-14-7-11(10-17)6-13(8-14)19-2/h4-9H,3,18H2,1-2H3. The summed E-state index contributed by atoms with van der Waals surface area (Å²) in [5, 5.41) is 9.00. The van der Waals surface area contributed by atoms with Gasteiger partial charge >= 0.3 is 0 Å². The van der Waals surface area contributed by atoms with E-state index < -0.39 is 0 Å². The molecule has 0 aliphatic carbocycles. The summed E-state index contributed by atoms with van der Waals surface area (Å²) in [6.07, 6.45) is 0. The maximum atomic E-state index is 9.00. The SMILES string of the molecule is CCOc1cc(Oc2cc(C#N)cc(OC)c2)ccc1N. The average Bonchev–Trinajstić information content (AvgIpc) is 2.50. The molecule has 0 heterocycles. The normalized spacial score (nSPS) is 9.76. The van der Waals surface area contributed by atoms with E-state index in [1.54, 1.807) is 36.4 Å². The van der Waals surface area contributed by atoms with Crippen molar-refractivity contribution in [2.24, 2.45) is 0 Å². The molecule has 0 atom stereocenters. The van der Waals surface area contributed by atoms with Crippen molar-refractivity contribution in [3.8, 4) is 29.1 Å². The predicted molar refractivity (Wildman–Crippen MR) is 79.8 cm³/mol. The molecule has 0 spiro atoms. The van der Waals surface area contributed by atoms with Gasteiger partial charge in [-0.25, -0.2) is 0 Å². The molecule has 0 bridgehead atoms. The lowest BCUT2D eigenvalue weighted by Crippen LogP contribution is -1.97. The van der Waals surface area contributed by atoms with E-state index in [9.17, 15) is 0 Å². The molecule has 21 heavy (non-hydrogen) atoms. The zero-order valence-electron chi connectivity index (χ0n) is 11.9. The number of hydrogen-bond acceptors (Lipinski definition) is 5. The van der Waals surface area contributed by atoms with Crippen molar-refractivity contribution in [1.29, 1.82) is 5.26 Å². The first kappa shape index (κ1) is 14.5. The lowest BCUT2D eigenvalue weighted by molar-refractivity contribution is 0.340. The van der Waals surface area contributed by atoms with Crippen LogP contribution in [0, 0.1) is 11.3 Å². The molecule has 0 aliphatic rings. The molecule has 0 unspecified atom stereocenters. The molecule has 2 rings (SSSR count). The second kappa shape index (κ2) is 6.53. The number of nitriles is 1. The highest BCUT2D eigenvalue weighted by molar-refractivity contribution is 5.56. The number of nitrogens with zero attached hydrogens (tertiary/aromatic N) is 1. The third-order valence-corrected chi connectivity index (χ3v) is 2.77. The Balaban J connectivity index is 2.29. The zero-order valence-corrected chi connectivity index (χ0v) is 11.9. The van der Waals surface area contributed by atoms with Gasteiger partial charge in [0.2, 0.25) is 0 Å². The van der Waals surface area contributed by atoms with Crippen molar-refractivity contribution in [3.05, 3.63) is 42.0 Å². The summed E-state index contributed by atoms with van der Waals surface area (Å²) in [6, 6.07) is 12.2. The minimum Gasteiger partial charge on any atom is -0.497 e. The minimum atomic E-state index is 0.463. The van der Waals surface area contributed by atoms with Gasteiger partial charge in [0, 0.05) is 12.1 Å². The van der Waals surface area contributed by atoms with E-state index in [4.69, 9.17) is 25.2 Å². The smallest absolute Gasteiger partial charge is 0.145 e. The van der Waals surface area contributed by atoms with Gasteiger partial charge in [-0.1, -0.05) is 0 Å². The van der Waals surface area contributed by atoms with Crippen molar-refractivity contribution in [3.63, 3.8) is 0 Å². The molecule has 5 nitrogen and oxygen atoms in total. The molecule has 0 amide bonds. The first-order chi connectivity index (χ1) is 10.2. The molecular formula is C16H16N2O3. The summed E-state index contributed by atoms with van der Waals surface area (Å²) < 4.78 is 16.3. The van der Waals surface area contributed by atoms with E-state index in [0.717, 1.165) is 0 Å². The summed E-state index contributed by atoms with van der Waals surface area (Å²) in [4.78, 5) is 0. The third-order valence-electron chi connectivity index (χ3n) is 2.77. The van der Waals surface area contributed by atoms with E-state index in [0.29, 0.717) is 40.9 Å². The highest BCUT2D eigenvalue weighted by Gasteiger charge is 2.06. The second-order valence-electron chi connectivity index (χ2n) is 4.24. The van der Waals surface area contributed by atoms with E-state index in [1.807, 2.05) is 6.92 Å². The van der Waals surface area contributed by atoms with Gasteiger partial charge < -0.3 is 19.9 Å². The fourth-order valence-electron chi connectivity index (χ4n) is 1.81. The summed E-state index contributed by atoms with van der Waals surface area (Å²) in [6.45, 7) is 2.40. The number of nitrogens with two attached hydrogens (primary N) is 1. The molecule has 0 saturated heterocycles. The third kappa shape index (κ3) is 3.57. The van der Waals surface area contributed by atoms with Crippen molar-refractivity contribution in [1.82, 2.24) is 0 Å². The Morgan fingerprint density at radius 2 is 1.86 bits per heavy atom. The van der Waals surface area contributed by atoms with Crippen LogP contribution in [0.1, 0.15) is 12.5 Å². The molecule has 0 aliphatic heterocycles. The van der Waals surface area contributed by atoms with Gasteiger partial charge in [0.15, 0.2) is 0 Å². The van der Waals surface area contributed by atoms with Crippen LogP contribution in [-0.4, -0.2) is 13.7 Å².